The molecular formula is C27H30N2O4. The Balaban J connectivity index is 1.57. The average Bonchev–Trinajstić information content (AvgIpc) is 3.21. The molecule has 1 heterocycles. The molecule has 172 valence electrons. The number of hydrogen-bond acceptors (Lipinski definition) is 4. The highest BCUT2D eigenvalue weighted by Gasteiger charge is 2.37. The predicted molar refractivity (Wildman–Crippen MR) is 129 cm³/mol. The molecular weight excluding hydrogens is 416 g/mol. The molecule has 4 rings (SSSR count). The summed E-state index contributed by atoms with van der Waals surface area (Å²) in [7, 11) is 0. The maximum atomic E-state index is 12.6. The first kappa shape index (κ1) is 22.8. The molecule has 0 spiro atoms. The lowest BCUT2D eigenvalue weighted by molar-refractivity contribution is -0.383. The van der Waals surface area contributed by atoms with E-state index in [1.54, 1.807) is 24.3 Å². The van der Waals surface area contributed by atoms with Crippen LogP contribution in [0, 0.1) is 17.0 Å². The molecule has 1 aliphatic carbocycles. The lowest BCUT2D eigenvalue weighted by atomic mass is 9.62. The number of fused-ring (bicyclic) bond motifs is 1. The van der Waals surface area contributed by atoms with Gasteiger partial charge in [-0.3, -0.25) is 14.9 Å². The van der Waals surface area contributed by atoms with E-state index in [0.29, 0.717) is 12.2 Å². The second kappa shape index (κ2) is 8.18. The van der Waals surface area contributed by atoms with Crippen molar-refractivity contribution in [1.82, 2.24) is 0 Å². The van der Waals surface area contributed by atoms with E-state index in [1.807, 2.05) is 0 Å². The van der Waals surface area contributed by atoms with Gasteiger partial charge in [0, 0.05) is 12.5 Å². The molecule has 33 heavy (non-hydrogen) atoms. The Morgan fingerprint density at radius 3 is 2.33 bits per heavy atom. The Kier molecular flexibility index (Phi) is 5.64. The molecule has 0 radical (unpaired) electrons. The number of anilines is 1. The van der Waals surface area contributed by atoms with Crippen LogP contribution in [-0.2, 0) is 17.3 Å². The number of nitro groups is 1. The first-order valence-corrected chi connectivity index (χ1v) is 11.3. The van der Waals surface area contributed by atoms with Gasteiger partial charge < -0.3 is 9.73 Å². The number of para-hydroxylation sites is 2. The monoisotopic (exact) mass is 446 g/mol. The molecule has 1 amide bonds. The van der Waals surface area contributed by atoms with Crippen LogP contribution in [0.3, 0.4) is 0 Å². The fraction of sp³-hybridized carbons (Fsp3) is 0.370. The van der Waals surface area contributed by atoms with E-state index in [4.69, 9.17) is 4.42 Å². The van der Waals surface area contributed by atoms with Crippen molar-refractivity contribution in [3.05, 3.63) is 92.4 Å². The Bertz CT molecular complexity index is 1240. The number of carbonyl (C=O) groups is 1. The van der Waals surface area contributed by atoms with Crippen LogP contribution >= 0.6 is 0 Å². The number of amides is 1. The molecule has 6 heteroatoms. The first-order valence-electron chi connectivity index (χ1n) is 11.3. The van der Waals surface area contributed by atoms with Gasteiger partial charge >= 0.3 is 0 Å². The zero-order valence-corrected chi connectivity index (χ0v) is 19.8. The normalized spacial score (nSPS) is 16.2. The molecule has 2 aromatic carbocycles. The van der Waals surface area contributed by atoms with Gasteiger partial charge in [-0.15, -0.1) is 0 Å². The summed E-state index contributed by atoms with van der Waals surface area (Å²) in [6, 6.07) is 14.1. The van der Waals surface area contributed by atoms with Gasteiger partial charge in [0.05, 0.1) is 4.92 Å². The fourth-order valence-corrected chi connectivity index (χ4v) is 4.66. The van der Waals surface area contributed by atoms with E-state index in [1.165, 1.54) is 40.8 Å². The lowest BCUT2D eigenvalue weighted by Gasteiger charge is -2.42. The van der Waals surface area contributed by atoms with Crippen LogP contribution < -0.4 is 5.32 Å². The van der Waals surface area contributed by atoms with Gasteiger partial charge in [0.15, 0.2) is 5.76 Å². The van der Waals surface area contributed by atoms with Crippen molar-refractivity contribution in [2.45, 2.75) is 64.7 Å². The summed E-state index contributed by atoms with van der Waals surface area (Å²) in [6.45, 7) is 11.4. The van der Waals surface area contributed by atoms with Gasteiger partial charge in [0.2, 0.25) is 0 Å². The third-order valence-corrected chi connectivity index (χ3v) is 6.91. The van der Waals surface area contributed by atoms with Crippen LogP contribution in [0.25, 0.3) is 0 Å². The lowest BCUT2D eigenvalue weighted by Crippen LogP contribution is -2.34. The first-order chi connectivity index (χ1) is 15.5. The largest absolute Gasteiger partial charge is 0.456 e. The summed E-state index contributed by atoms with van der Waals surface area (Å²) in [4.78, 5) is 23.3. The van der Waals surface area contributed by atoms with E-state index in [-0.39, 0.29) is 28.0 Å². The number of furan rings is 1. The Morgan fingerprint density at radius 2 is 1.67 bits per heavy atom. The topological polar surface area (TPSA) is 85.4 Å². The van der Waals surface area contributed by atoms with Crippen molar-refractivity contribution in [3.8, 4) is 0 Å². The number of benzene rings is 2. The van der Waals surface area contributed by atoms with Crippen molar-refractivity contribution in [2.75, 3.05) is 5.32 Å². The van der Waals surface area contributed by atoms with Gasteiger partial charge in [-0.25, -0.2) is 0 Å². The molecule has 3 aromatic rings. The molecule has 0 fully saturated rings. The maximum absolute atomic E-state index is 12.6. The number of carbonyl (C=O) groups excluding carboxylic acids is 1. The second-order valence-electron chi connectivity index (χ2n) is 10.3. The quantitative estimate of drug-likeness (QED) is 0.349. The van der Waals surface area contributed by atoms with Gasteiger partial charge in [0.1, 0.15) is 11.4 Å². The van der Waals surface area contributed by atoms with E-state index < -0.39 is 10.8 Å². The van der Waals surface area contributed by atoms with Crippen molar-refractivity contribution < 1.29 is 14.1 Å². The smallest absolute Gasteiger partial charge is 0.292 e. The highest BCUT2D eigenvalue weighted by atomic mass is 16.6. The minimum absolute atomic E-state index is 0.117. The predicted octanol–water partition coefficient (Wildman–Crippen LogP) is 6.69. The number of rotatable bonds is 5. The standard InChI is InChI=1S/C27H30N2O4/c1-17-14-20-21(27(4,5)13-12-26(20,2)3)16-18(17)15-19-10-11-24(33-19)25(30)28-22-8-6-7-9-23(22)29(31)32/h6-11,14,16H,12-13,15H2,1-5H3,(H,28,30). The number of nitro benzene ring substituents is 1. The molecule has 1 aliphatic rings. The number of nitrogens with zero attached hydrogens (tertiary/aromatic N) is 1. The number of hydrogen-bond donors (Lipinski definition) is 1. The van der Waals surface area contributed by atoms with Gasteiger partial charge in [0.25, 0.3) is 11.6 Å². The minimum atomic E-state index is -0.523. The second-order valence-corrected chi connectivity index (χ2v) is 10.3. The van der Waals surface area contributed by atoms with Crippen LogP contribution in [0.5, 0.6) is 0 Å². The van der Waals surface area contributed by atoms with Crippen molar-refractivity contribution >= 4 is 17.3 Å². The summed E-state index contributed by atoms with van der Waals surface area (Å²) in [6.07, 6.45) is 2.89. The SMILES string of the molecule is Cc1cc2c(cc1Cc1ccc(C(=O)Nc3ccccc3[N+](=O)[O-])o1)C(C)(C)CCC2(C)C. The molecule has 0 bridgehead atoms. The Morgan fingerprint density at radius 1 is 1.03 bits per heavy atom. The fourth-order valence-electron chi connectivity index (χ4n) is 4.66. The molecule has 0 atom stereocenters. The van der Waals surface area contributed by atoms with Gasteiger partial charge in [-0.2, -0.15) is 0 Å². The maximum Gasteiger partial charge on any atom is 0.292 e. The van der Waals surface area contributed by atoms with Crippen molar-refractivity contribution in [1.29, 1.82) is 0 Å². The van der Waals surface area contributed by atoms with Crippen molar-refractivity contribution in [3.63, 3.8) is 0 Å². The summed E-state index contributed by atoms with van der Waals surface area (Å²) in [5.41, 5.74) is 5.45. The molecule has 0 saturated carbocycles. The minimum Gasteiger partial charge on any atom is -0.456 e. The van der Waals surface area contributed by atoms with Gasteiger partial charge in [-0.1, -0.05) is 52.0 Å². The van der Waals surface area contributed by atoms with Crippen molar-refractivity contribution in [2.24, 2.45) is 0 Å². The summed E-state index contributed by atoms with van der Waals surface area (Å²) < 4.78 is 5.83. The molecule has 0 aliphatic heterocycles. The molecule has 0 unspecified atom stereocenters. The highest BCUT2D eigenvalue weighted by molar-refractivity contribution is 6.03. The summed E-state index contributed by atoms with van der Waals surface area (Å²) in [5.74, 6) is 0.291. The van der Waals surface area contributed by atoms with Crippen LogP contribution in [0.2, 0.25) is 0 Å². The number of aryl methyl sites for hydroxylation is 1. The number of nitrogens with one attached hydrogen (secondary N) is 1. The summed E-state index contributed by atoms with van der Waals surface area (Å²) in [5, 5.41) is 13.8. The third-order valence-electron chi connectivity index (χ3n) is 6.91. The van der Waals surface area contributed by atoms with Gasteiger partial charge in [-0.05, 0) is 71.0 Å². The zero-order chi connectivity index (χ0) is 24.0. The molecule has 0 saturated heterocycles. The average molecular weight is 447 g/mol. The van der Waals surface area contributed by atoms with E-state index in [9.17, 15) is 14.9 Å². The zero-order valence-electron chi connectivity index (χ0n) is 19.8. The van der Waals surface area contributed by atoms with Crippen LogP contribution in [-0.4, -0.2) is 10.8 Å². The molecule has 6 nitrogen and oxygen atoms in total. The van der Waals surface area contributed by atoms with Crippen LogP contribution in [0.1, 0.15) is 79.1 Å². The Labute approximate surface area is 194 Å². The third kappa shape index (κ3) is 4.42. The highest BCUT2D eigenvalue weighted by Crippen LogP contribution is 2.46. The Hall–Kier alpha value is -3.41. The van der Waals surface area contributed by atoms with E-state index >= 15 is 0 Å². The van der Waals surface area contributed by atoms with E-state index in [2.05, 4.69) is 52.1 Å². The van der Waals surface area contributed by atoms with E-state index in [0.717, 1.165) is 6.42 Å². The van der Waals surface area contributed by atoms with Crippen LogP contribution in [0.4, 0.5) is 11.4 Å². The summed E-state index contributed by atoms with van der Waals surface area (Å²) >= 11 is 0. The van der Waals surface area contributed by atoms with Crippen LogP contribution in [0.15, 0.2) is 52.9 Å². The molecule has 1 N–H and O–H groups in total. The molecule has 1 aromatic heterocycles.